The molecule has 0 radical (unpaired) electrons. The molecule has 0 aliphatic carbocycles. The average molecular weight is 600 g/mol. The molecule has 1 saturated heterocycles. The fourth-order valence-corrected chi connectivity index (χ4v) is 7.07. The largest absolute Gasteiger partial charge is 0.369 e. The number of H-pyrrole nitrogens is 1. The van der Waals surface area contributed by atoms with Gasteiger partial charge in [0.1, 0.15) is 0 Å². The van der Waals surface area contributed by atoms with Crippen LogP contribution in [0.15, 0.2) is 81.4 Å². The van der Waals surface area contributed by atoms with E-state index in [1.165, 1.54) is 10.1 Å². The number of hydrogen-bond acceptors (Lipinski definition) is 8. The van der Waals surface area contributed by atoms with Crippen molar-refractivity contribution in [2.75, 3.05) is 44.2 Å². The number of carbonyl (C=O) groups excluding carboxylic acids is 1. The van der Waals surface area contributed by atoms with Gasteiger partial charge < -0.3 is 10.2 Å². The van der Waals surface area contributed by atoms with Gasteiger partial charge in [0, 0.05) is 38.4 Å². The number of piperazine rings is 1. The Labute approximate surface area is 249 Å². The molecule has 1 amide bonds. The lowest BCUT2D eigenvalue weighted by molar-refractivity contribution is -0.122. The number of rotatable bonds is 8. The van der Waals surface area contributed by atoms with E-state index in [9.17, 15) is 18.0 Å². The van der Waals surface area contributed by atoms with E-state index in [-0.39, 0.29) is 21.5 Å². The number of aryl methyl sites for hydroxylation is 2. The molecule has 3 heterocycles. The first-order chi connectivity index (χ1) is 20.7. The Hall–Kier alpha value is -4.55. The van der Waals surface area contributed by atoms with Crippen LogP contribution in [0.5, 0.6) is 0 Å². The number of carbonyl (C=O) groups is 1. The number of sulfone groups is 1. The molecule has 2 aromatic heterocycles. The lowest BCUT2D eigenvalue weighted by Gasteiger charge is -2.35. The van der Waals surface area contributed by atoms with Crippen molar-refractivity contribution in [1.29, 1.82) is 0 Å². The van der Waals surface area contributed by atoms with E-state index in [4.69, 9.17) is 0 Å². The quantitative estimate of drug-likeness (QED) is 0.278. The fraction of sp³-hybridized carbons (Fsp3) is 0.290. The smallest absolute Gasteiger partial charge is 0.281 e. The summed E-state index contributed by atoms with van der Waals surface area (Å²) in [6, 6.07) is 20.6. The van der Waals surface area contributed by atoms with Crippen LogP contribution >= 0.6 is 0 Å². The van der Waals surface area contributed by atoms with Crippen molar-refractivity contribution < 1.29 is 13.2 Å². The molecule has 0 saturated carbocycles. The van der Waals surface area contributed by atoms with Gasteiger partial charge in [-0.1, -0.05) is 48.0 Å². The van der Waals surface area contributed by atoms with Crippen molar-refractivity contribution in [1.82, 2.24) is 30.0 Å². The van der Waals surface area contributed by atoms with E-state index in [1.807, 2.05) is 37.3 Å². The number of aromatic nitrogens is 4. The predicted octanol–water partition coefficient (Wildman–Crippen LogP) is 2.50. The fourth-order valence-electron chi connectivity index (χ4n) is 5.59. The molecule has 0 unspecified atom stereocenters. The van der Waals surface area contributed by atoms with E-state index >= 15 is 0 Å². The Kier molecular flexibility index (Phi) is 7.72. The first kappa shape index (κ1) is 28.6. The van der Waals surface area contributed by atoms with Crippen LogP contribution in [0.4, 0.5) is 5.69 Å². The number of nitrogens with one attached hydrogen (secondary N) is 2. The van der Waals surface area contributed by atoms with Gasteiger partial charge in [0.05, 0.1) is 22.3 Å². The predicted molar refractivity (Wildman–Crippen MR) is 164 cm³/mol. The van der Waals surface area contributed by atoms with Crippen LogP contribution in [-0.4, -0.2) is 78.3 Å². The highest BCUT2D eigenvalue weighted by molar-refractivity contribution is 7.91. The van der Waals surface area contributed by atoms with Crippen LogP contribution in [0.3, 0.4) is 0 Å². The van der Waals surface area contributed by atoms with Gasteiger partial charge in [0.25, 0.3) is 5.56 Å². The molecule has 6 rings (SSSR count). The van der Waals surface area contributed by atoms with Gasteiger partial charge in [-0.05, 0) is 55.7 Å². The zero-order chi connectivity index (χ0) is 30.1. The second-order valence-corrected chi connectivity index (χ2v) is 12.7. The number of amides is 1. The summed E-state index contributed by atoms with van der Waals surface area (Å²) < 4.78 is 28.6. The number of anilines is 1. The maximum atomic E-state index is 13.6. The molecule has 11 nitrogen and oxygen atoms in total. The zero-order valence-corrected chi connectivity index (χ0v) is 24.9. The molecular formula is C31H33N7O4S. The number of benzene rings is 3. The molecule has 12 heteroatoms. The Morgan fingerprint density at radius 2 is 1.74 bits per heavy atom. The summed E-state index contributed by atoms with van der Waals surface area (Å²) in [6.45, 7) is 7.37. The lowest BCUT2D eigenvalue weighted by Crippen LogP contribution is -2.49. The maximum Gasteiger partial charge on any atom is 0.281 e. The minimum absolute atomic E-state index is 0.00943. The van der Waals surface area contributed by atoms with Crippen molar-refractivity contribution in [3.8, 4) is 0 Å². The summed E-state index contributed by atoms with van der Waals surface area (Å²) in [6.07, 6.45) is 0.795. The topological polar surface area (TPSA) is 133 Å². The van der Waals surface area contributed by atoms with Gasteiger partial charge in [-0.15, -0.1) is 5.10 Å². The molecular weight excluding hydrogens is 566 g/mol. The third-order valence-electron chi connectivity index (χ3n) is 7.87. The summed E-state index contributed by atoms with van der Waals surface area (Å²) in [7, 11) is -4.04. The summed E-state index contributed by atoms with van der Waals surface area (Å²) in [4.78, 5) is 34.0. The van der Waals surface area contributed by atoms with Crippen molar-refractivity contribution in [2.24, 2.45) is 0 Å². The molecule has 0 bridgehead atoms. The van der Waals surface area contributed by atoms with Crippen LogP contribution in [0.1, 0.15) is 16.7 Å². The van der Waals surface area contributed by atoms with Gasteiger partial charge in [0.2, 0.25) is 20.8 Å². The zero-order valence-electron chi connectivity index (χ0n) is 24.1. The third kappa shape index (κ3) is 5.75. The summed E-state index contributed by atoms with van der Waals surface area (Å²) in [5.74, 6) is 0.00943. The number of fused-ring (bicyclic) bond motifs is 3. The highest BCUT2D eigenvalue weighted by Gasteiger charge is 2.28. The molecule has 1 aliphatic heterocycles. The van der Waals surface area contributed by atoms with Gasteiger partial charge in [-0.3, -0.25) is 14.5 Å². The van der Waals surface area contributed by atoms with Gasteiger partial charge in [-0.2, -0.15) is 4.98 Å². The van der Waals surface area contributed by atoms with Crippen molar-refractivity contribution >= 4 is 38.0 Å². The Morgan fingerprint density at radius 3 is 2.49 bits per heavy atom. The van der Waals surface area contributed by atoms with Gasteiger partial charge >= 0.3 is 0 Å². The molecule has 0 atom stereocenters. The van der Waals surface area contributed by atoms with E-state index < -0.39 is 15.4 Å². The molecule has 1 fully saturated rings. The van der Waals surface area contributed by atoms with Crippen molar-refractivity contribution in [3.05, 3.63) is 93.8 Å². The number of nitrogens with zero attached hydrogens (tertiary/aromatic N) is 5. The maximum absolute atomic E-state index is 13.6. The molecule has 2 N–H and O–H groups in total. The molecule has 43 heavy (non-hydrogen) atoms. The summed E-state index contributed by atoms with van der Waals surface area (Å²) >= 11 is 0. The van der Waals surface area contributed by atoms with Crippen LogP contribution in [0, 0.1) is 13.8 Å². The SMILES string of the molecule is Cc1ccc(S(=O)(=O)c2n[nH]n3c2nc(=O)c2ccc(N4CCN(CC(=O)NCCc5ccccc5)CC4)cc23)c(C)c1. The van der Waals surface area contributed by atoms with Crippen LogP contribution < -0.4 is 15.8 Å². The Balaban J connectivity index is 1.17. The monoisotopic (exact) mass is 599 g/mol. The third-order valence-corrected chi connectivity index (χ3v) is 9.69. The highest BCUT2D eigenvalue weighted by atomic mass is 32.2. The summed E-state index contributed by atoms with van der Waals surface area (Å²) in [5.41, 5.74) is 3.53. The summed E-state index contributed by atoms with van der Waals surface area (Å²) in [5, 5.41) is 9.94. The van der Waals surface area contributed by atoms with Crippen LogP contribution in [0.2, 0.25) is 0 Å². The van der Waals surface area contributed by atoms with Crippen LogP contribution in [0.25, 0.3) is 16.6 Å². The second kappa shape index (κ2) is 11.6. The van der Waals surface area contributed by atoms with Gasteiger partial charge in [0.15, 0.2) is 5.65 Å². The molecule has 1 aliphatic rings. The Morgan fingerprint density at radius 1 is 0.977 bits per heavy atom. The van der Waals surface area contributed by atoms with E-state index in [2.05, 4.69) is 42.5 Å². The second-order valence-electron chi connectivity index (χ2n) is 10.9. The van der Waals surface area contributed by atoms with E-state index in [1.54, 1.807) is 31.2 Å². The number of hydrogen-bond donors (Lipinski definition) is 2. The minimum Gasteiger partial charge on any atom is -0.369 e. The van der Waals surface area contributed by atoms with E-state index in [0.29, 0.717) is 55.7 Å². The van der Waals surface area contributed by atoms with Crippen LogP contribution in [-0.2, 0) is 21.1 Å². The average Bonchev–Trinajstić information content (AvgIpc) is 3.43. The van der Waals surface area contributed by atoms with E-state index in [0.717, 1.165) is 17.7 Å². The first-order valence-electron chi connectivity index (χ1n) is 14.2. The standard InChI is InChI=1S/C31H33N7O4S/c1-21-8-11-27(22(2)18-21)43(41,42)31-29-33-30(40)25-10-9-24(19-26(25)38(29)35-34-31)37-16-14-36(15-17-37)20-28(39)32-13-12-23-6-4-3-5-7-23/h3-11,18-19,35H,12-17,20H2,1-2H3,(H,32,39). The van der Waals surface area contributed by atoms with Crippen molar-refractivity contribution in [2.45, 2.75) is 30.2 Å². The number of aromatic amines is 1. The first-order valence-corrected chi connectivity index (χ1v) is 15.7. The minimum atomic E-state index is -4.04. The normalized spacial score (nSPS) is 14.4. The molecule has 3 aromatic carbocycles. The van der Waals surface area contributed by atoms with Crippen molar-refractivity contribution in [3.63, 3.8) is 0 Å². The molecule has 222 valence electrons. The highest BCUT2D eigenvalue weighted by Crippen LogP contribution is 2.27. The lowest BCUT2D eigenvalue weighted by atomic mass is 10.1. The van der Waals surface area contributed by atoms with Gasteiger partial charge in [-0.25, -0.2) is 18.1 Å². The Bertz CT molecular complexity index is 1980. The molecule has 5 aromatic rings. The molecule has 0 spiro atoms.